The average Bonchev–Trinajstić information content (AvgIpc) is 2.67. The Labute approximate surface area is 102 Å². The molecule has 6 nitrogen and oxygen atoms in total. The molecule has 0 aliphatic carbocycles. The first-order valence-corrected chi connectivity index (χ1v) is 6.33. The van der Waals surface area contributed by atoms with Crippen molar-refractivity contribution < 1.29 is 37.1 Å². The normalized spacial score (nSPS) is 46.6. The summed E-state index contributed by atoms with van der Waals surface area (Å²) in [7, 11) is 1.10. The maximum atomic E-state index is 12.1. The average molecular weight is 280 g/mol. The van der Waals surface area contributed by atoms with E-state index in [-0.39, 0.29) is 0 Å². The molecular formula is C8H8BF2O6P. The SMILES string of the molecule is [B][C@@H]1O[C@H](CO)C2OP(=O)(O)O[C@]21C=C=C(F)F. The smallest absolute Gasteiger partial charge is 0.394 e. The van der Waals surface area contributed by atoms with Crippen LogP contribution in [0.3, 0.4) is 0 Å². The Kier molecular flexibility index (Phi) is 3.51. The van der Waals surface area contributed by atoms with E-state index in [0.29, 0.717) is 6.08 Å². The predicted octanol–water partition coefficient (Wildman–Crippen LogP) is 0.0622. The highest BCUT2D eigenvalue weighted by Crippen LogP contribution is 2.61. The monoisotopic (exact) mass is 280 g/mol. The predicted molar refractivity (Wildman–Crippen MR) is 53.8 cm³/mol. The molecular weight excluding hydrogens is 272 g/mol. The van der Waals surface area contributed by atoms with Crippen LogP contribution in [-0.4, -0.2) is 48.3 Å². The van der Waals surface area contributed by atoms with Crippen molar-refractivity contribution in [2.24, 2.45) is 0 Å². The number of halogens is 2. The first-order valence-electron chi connectivity index (χ1n) is 4.83. The number of ether oxygens (including phenoxy) is 1. The van der Waals surface area contributed by atoms with Gasteiger partial charge in [0.15, 0.2) is 5.60 Å². The molecule has 0 aromatic carbocycles. The Balaban J connectivity index is 2.46. The lowest BCUT2D eigenvalue weighted by Gasteiger charge is -2.23. The van der Waals surface area contributed by atoms with Crippen LogP contribution in [0.5, 0.6) is 0 Å². The van der Waals surface area contributed by atoms with Gasteiger partial charge in [-0.1, -0.05) is 5.73 Å². The van der Waals surface area contributed by atoms with Crippen molar-refractivity contribution in [3.8, 4) is 0 Å². The van der Waals surface area contributed by atoms with Crippen LogP contribution in [0.1, 0.15) is 0 Å². The largest absolute Gasteiger partial charge is 0.473 e. The van der Waals surface area contributed by atoms with E-state index in [1.54, 1.807) is 5.73 Å². The number of aliphatic hydroxyl groups excluding tert-OH is 1. The van der Waals surface area contributed by atoms with Crippen LogP contribution < -0.4 is 0 Å². The fourth-order valence-electron chi connectivity index (χ4n) is 1.93. The molecule has 2 saturated heterocycles. The van der Waals surface area contributed by atoms with Crippen molar-refractivity contribution in [3.05, 3.63) is 17.9 Å². The summed E-state index contributed by atoms with van der Waals surface area (Å²) in [4.78, 5) is 9.24. The van der Waals surface area contributed by atoms with Gasteiger partial charge in [-0.05, 0) is 0 Å². The molecule has 18 heavy (non-hydrogen) atoms. The fourth-order valence-corrected chi connectivity index (χ4v) is 3.22. The zero-order valence-corrected chi connectivity index (χ0v) is 9.72. The van der Waals surface area contributed by atoms with E-state index < -0.39 is 44.3 Å². The minimum atomic E-state index is -4.43. The number of phosphoric acid groups is 1. The molecule has 5 atom stereocenters. The van der Waals surface area contributed by atoms with Gasteiger partial charge in [-0.3, -0.25) is 9.05 Å². The fraction of sp³-hybridized carbons (Fsp3) is 0.625. The molecule has 98 valence electrons. The molecule has 0 aromatic heterocycles. The van der Waals surface area contributed by atoms with E-state index in [1.165, 1.54) is 0 Å². The molecule has 2 radical (unpaired) electrons. The Hall–Kier alpha value is -0.525. The van der Waals surface area contributed by atoms with Gasteiger partial charge in [0.2, 0.25) is 0 Å². The van der Waals surface area contributed by atoms with Gasteiger partial charge in [0, 0.05) is 6.08 Å². The lowest BCUT2D eigenvalue weighted by atomic mass is 9.80. The summed E-state index contributed by atoms with van der Waals surface area (Å²) in [6.07, 6.45) is -3.79. The summed E-state index contributed by atoms with van der Waals surface area (Å²) < 4.78 is 49.9. The zero-order chi connectivity index (χ0) is 13.6. The second-order valence-corrected chi connectivity index (χ2v) is 5.10. The van der Waals surface area contributed by atoms with E-state index in [2.05, 4.69) is 4.52 Å². The minimum absolute atomic E-state index is 0.570. The van der Waals surface area contributed by atoms with Crippen molar-refractivity contribution in [1.82, 2.24) is 0 Å². The highest BCUT2D eigenvalue weighted by Gasteiger charge is 2.64. The van der Waals surface area contributed by atoms with Crippen molar-refractivity contribution >= 4 is 15.7 Å². The van der Waals surface area contributed by atoms with Crippen LogP contribution >= 0.6 is 7.82 Å². The molecule has 2 aliphatic rings. The van der Waals surface area contributed by atoms with Crippen molar-refractivity contribution in [1.29, 1.82) is 0 Å². The summed E-state index contributed by atoms with van der Waals surface area (Å²) in [5.41, 5.74) is -0.332. The van der Waals surface area contributed by atoms with E-state index >= 15 is 0 Å². The highest BCUT2D eigenvalue weighted by atomic mass is 31.2. The van der Waals surface area contributed by atoms with Gasteiger partial charge in [0.05, 0.1) is 12.6 Å². The van der Waals surface area contributed by atoms with Crippen molar-refractivity contribution in [2.75, 3.05) is 6.61 Å². The van der Waals surface area contributed by atoms with E-state index in [4.69, 9.17) is 22.2 Å². The van der Waals surface area contributed by atoms with Gasteiger partial charge < -0.3 is 14.7 Å². The molecule has 2 unspecified atom stereocenters. The quantitative estimate of drug-likeness (QED) is 0.422. The Morgan fingerprint density at radius 2 is 2.28 bits per heavy atom. The Morgan fingerprint density at radius 1 is 1.61 bits per heavy atom. The van der Waals surface area contributed by atoms with Gasteiger partial charge in [-0.15, -0.1) is 0 Å². The van der Waals surface area contributed by atoms with Gasteiger partial charge in [-0.25, -0.2) is 4.57 Å². The first-order chi connectivity index (χ1) is 8.31. The maximum Gasteiger partial charge on any atom is 0.473 e. The number of rotatable bonds is 2. The number of aliphatic hydroxyl groups is 1. The standard InChI is InChI=1S/C8H8BF2O6P/c9-7-8(2-1-5(10)11)6(4(3-12)15-7)16-18(13,14)17-8/h2,4,6-7,12H,3H2,(H,13,14)/t4-,6?,7-,8-/m1/s1. The summed E-state index contributed by atoms with van der Waals surface area (Å²) in [6.45, 7) is -0.570. The van der Waals surface area contributed by atoms with Gasteiger partial charge in [-0.2, -0.15) is 8.78 Å². The topological polar surface area (TPSA) is 85.2 Å². The van der Waals surface area contributed by atoms with E-state index in [0.717, 1.165) is 0 Å². The van der Waals surface area contributed by atoms with Crippen molar-refractivity contribution in [2.45, 2.75) is 23.8 Å². The lowest BCUT2D eigenvalue weighted by molar-refractivity contribution is -0.00512. The zero-order valence-electron chi connectivity index (χ0n) is 8.82. The van der Waals surface area contributed by atoms with Crippen LogP contribution in [0.15, 0.2) is 17.9 Å². The molecule has 0 aromatic rings. The molecule has 2 N–H and O–H groups in total. The maximum absolute atomic E-state index is 12.1. The number of hydrogen-bond donors (Lipinski definition) is 2. The van der Waals surface area contributed by atoms with E-state index in [9.17, 15) is 18.2 Å². The van der Waals surface area contributed by atoms with Crippen LogP contribution in [0.25, 0.3) is 0 Å². The third kappa shape index (κ3) is 2.19. The Bertz CT molecular complexity index is 463. The Morgan fingerprint density at radius 3 is 2.83 bits per heavy atom. The van der Waals surface area contributed by atoms with Gasteiger partial charge >= 0.3 is 13.9 Å². The molecule has 0 saturated carbocycles. The minimum Gasteiger partial charge on any atom is -0.394 e. The van der Waals surface area contributed by atoms with Gasteiger partial charge in [0.25, 0.3) is 0 Å². The molecule has 0 bridgehead atoms. The van der Waals surface area contributed by atoms with Crippen LogP contribution in [0.4, 0.5) is 8.78 Å². The molecule has 2 aliphatic heterocycles. The number of fused-ring (bicyclic) bond motifs is 1. The summed E-state index contributed by atoms with van der Waals surface area (Å²) in [5, 5.41) is 9.02. The number of phosphoric ester groups is 1. The second-order valence-electron chi connectivity index (χ2n) is 3.77. The molecule has 10 heteroatoms. The van der Waals surface area contributed by atoms with Crippen molar-refractivity contribution in [3.63, 3.8) is 0 Å². The van der Waals surface area contributed by atoms with Crippen LogP contribution in [0, 0.1) is 0 Å². The highest BCUT2D eigenvalue weighted by molar-refractivity contribution is 7.47. The van der Waals surface area contributed by atoms with Crippen LogP contribution in [0.2, 0.25) is 0 Å². The third-order valence-electron chi connectivity index (χ3n) is 2.66. The third-order valence-corrected chi connectivity index (χ3v) is 3.70. The van der Waals surface area contributed by atoms with E-state index in [1.807, 2.05) is 0 Å². The molecule has 2 rings (SSSR count). The molecule has 2 fully saturated rings. The number of hydrogen-bond acceptors (Lipinski definition) is 5. The summed E-state index contributed by atoms with van der Waals surface area (Å²) >= 11 is 0. The first kappa shape index (κ1) is 13.9. The molecule has 0 amide bonds. The lowest BCUT2D eigenvalue weighted by Crippen LogP contribution is -2.44. The summed E-state index contributed by atoms with van der Waals surface area (Å²) in [5.74, 6) is 0. The second kappa shape index (κ2) is 4.54. The molecule has 2 heterocycles. The summed E-state index contributed by atoms with van der Waals surface area (Å²) in [6, 6.07) is -1.34. The van der Waals surface area contributed by atoms with Crippen LogP contribution in [-0.2, 0) is 18.3 Å². The van der Waals surface area contributed by atoms with Gasteiger partial charge in [0.1, 0.15) is 20.1 Å². The molecule has 0 spiro atoms.